The van der Waals surface area contributed by atoms with E-state index in [1.54, 1.807) is 44.6 Å². The number of nitrogens with zero attached hydrogens (tertiary/aromatic N) is 3. The highest BCUT2D eigenvalue weighted by Crippen LogP contribution is 2.32. The molecule has 8 nitrogen and oxygen atoms in total. The molecule has 36 heavy (non-hydrogen) atoms. The van der Waals surface area contributed by atoms with Crippen LogP contribution < -0.4 is 20.3 Å². The van der Waals surface area contributed by atoms with Gasteiger partial charge in [0.15, 0.2) is 11.5 Å². The zero-order valence-corrected chi connectivity index (χ0v) is 21.1. The maximum atomic E-state index is 13.4. The van der Waals surface area contributed by atoms with Gasteiger partial charge in [-0.05, 0) is 61.4 Å². The monoisotopic (exact) mass is 500 g/mol. The third-order valence-electron chi connectivity index (χ3n) is 5.96. The molecule has 0 bridgehead atoms. The summed E-state index contributed by atoms with van der Waals surface area (Å²) in [6.45, 7) is 4.25. The van der Waals surface area contributed by atoms with Gasteiger partial charge in [-0.1, -0.05) is 12.1 Å². The molecule has 5 rings (SSSR count). The molecule has 0 atom stereocenters. The number of aryl methyl sites for hydroxylation is 2. The van der Waals surface area contributed by atoms with E-state index >= 15 is 0 Å². The number of carbonyl (C=O) groups is 1. The van der Waals surface area contributed by atoms with Gasteiger partial charge >= 0.3 is 0 Å². The third kappa shape index (κ3) is 4.18. The summed E-state index contributed by atoms with van der Waals surface area (Å²) in [5, 5.41) is 3.82. The molecule has 182 valence electrons. The Morgan fingerprint density at radius 3 is 2.64 bits per heavy atom. The Kier molecular flexibility index (Phi) is 6.15. The molecular formula is C27H24N4O4S. The fourth-order valence-electron chi connectivity index (χ4n) is 4.22. The molecule has 0 radical (unpaired) electrons. The minimum Gasteiger partial charge on any atom is -0.493 e. The van der Waals surface area contributed by atoms with Crippen LogP contribution in [-0.4, -0.2) is 34.7 Å². The molecule has 5 aromatic rings. The molecule has 3 heterocycles. The van der Waals surface area contributed by atoms with Gasteiger partial charge in [-0.15, -0.1) is 11.3 Å². The number of nitrogens with one attached hydrogen (secondary N) is 1. The second kappa shape index (κ2) is 9.43. The fourth-order valence-corrected chi connectivity index (χ4v) is 5.40. The van der Waals surface area contributed by atoms with Crippen LogP contribution in [0.15, 0.2) is 59.7 Å². The van der Waals surface area contributed by atoms with E-state index in [2.05, 4.69) is 15.3 Å². The highest BCUT2D eigenvalue weighted by molar-refractivity contribution is 7.25. The maximum Gasteiger partial charge on any atom is 0.275 e. The van der Waals surface area contributed by atoms with Crippen LogP contribution in [0.2, 0.25) is 0 Å². The van der Waals surface area contributed by atoms with Crippen molar-refractivity contribution in [1.82, 2.24) is 19.9 Å². The molecule has 0 fully saturated rings. The number of benzene rings is 2. The number of aromatic nitrogens is 3. The lowest BCUT2D eigenvalue weighted by Crippen LogP contribution is -2.23. The molecule has 0 saturated heterocycles. The van der Waals surface area contributed by atoms with Gasteiger partial charge in [-0.2, -0.15) is 0 Å². The van der Waals surface area contributed by atoms with Crippen molar-refractivity contribution in [2.45, 2.75) is 20.4 Å². The highest BCUT2D eigenvalue weighted by Gasteiger charge is 2.16. The first kappa shape index (κ1) is 23.5. The molecule has 0 aliphatic rings. The second-order valence-corrected chi connectivity index (χ2v) is 9.38. The van der Waals surface area contributed by atoms with E-state index in [4.69, 9.17) is 9.47 Å². The molecule has 1 amide bonds. The minimum atomic E-state index is -0.258. The molecule has 0 unspecified atom stereocenters. The van der Waals surface area contributed by atoms with E-state index in [-0.39, 0.29) is 11.5 Å². The van der Waals surface area contributed by atoms with Crippen molar-refractivity contribution >= 4 is 37.7 Å². The van der Waals surface area contributed by atoms with Crippen LogP contribution in [0.1, 0.15) is 27.2 Å². The minimum absolute atomic E-state index is 0.192. The maximum absolute atomic E-state index is 13.4. The number of ether oxygens (including phenoxy) is 2. The van der Waals surface area contributed by atoms with E-state index in [9.17, 15) is 9.59 Å². The van der Waals surface area contributed by atoms with Gasteiger partial charge in [0.1, 0.15) is 15.9 Å². The molecule has 2 aromatic carbocycles. The third-order valence-corrected chi connectivity index (χ3v) is 7.03. The molecule has 0 aliphatic carbocycles. The molecule has 0 spiro atoms. The smallest absolute Gasteiger partial charge is 0.275 e. The lowest BCUT2D eigenvalue weighted by molar-refractivity contribution is 0.0951. The number of fused-ring (bicyclic) bond motifs is 3. The molecular weight excluding hydrogens is 476 g/mol. The Morgan fingerprint density at radius 1 is 1.06 bits per heavy atom. The van der Waals surface area contributed by atoms with E-state index in [0.717, 1.165) is 27.0 Å². The first-order chi connectivity index (χ1) is 17.4. The lowest BCUT2D eigenvalue weighted by atomic mass is 10.1. The number of amides is 1. The molecule has 9 heteroatoms. The summed E-state index contributed by atoms with van der Waals surface area (Å²) >= 11 is 1.34. The molecule has 3 aromatic heterocycles. The van der Waals surface area contributed by atoms with Crippen molar-refractivity contribution in [1.29, 1.82) is 0 Å². The standard InChI is InChI=1S/C27H24N4O4S/c1-15-10-16(2)30-26-22(15)23-24(36-26)27(33)31(14-29-23)19-7-5-6-18(12-19)25(32)28-13-17-8-9-20(34-3)21(11-17)35-4/h5-12,14H,13H2,1-4H3,(H,28,32). The number of carbonyl (C=O) groups excluding carboxylic acids is 1. The van der Waals surface area contributed by atoms with Crippen molar-refractivity contribution in [3.63, 3.8) is 0 Å². The Morgan fingerprint density at radius 2 is 1.86 bits per heavy atom. The first-order valence-corrected chi connectivity index (χ1v) is 12.1. The van der Waals surface area contributed by atoms with Gasteiger partial charge in [0.2, 0.25) is 0 Å². The number of pyridine rings is 1. The van der Waals surface area contributed by atoms with Gasteiger partial charge in [0, 0.05) is 23.2 Å². The summed E-state index contributed by atoms with van der Waals surface area (Å²) in [6, 6.07) is 14.4. The Labute approximate surface area is 211 Å². The molecule has 0 aliphatic heterocycles. The highest BCUT2D eigenvalue weighted by atomic mass is 32.1. The predicted octanol–water partition coefficient (Wildman–Crippen LogP) is 4.56. The zero-order valence-electron chi connectivity index (χ0n) is 20.3. The lowest BCUT2D eigenvalue weighted by Gasteiger charge is -2.11. The zero-order chi connectivity index (χ0) is 25.4. The Bertz CT molecular complexity index is 1690. The van der Waals surface area contributed by atoms with Crippen LogP contribution in [0.25, 0.3) is 26.1 Å². The van der Waals surface area contributed by atoms with Crippen LogP contribution in [0.4, 0.5) is 0 Å². The SMILES string of the molecule is COc1ccc(CNC(=O)c2cccc(-n3cnc4c(sc5nc(C)cc(C)c54)c3=O)c2)cc1OC. The average Bonchev–Trinajstić information content (AvgIpc) is 3.26. The van der Waals surface area contributed by atoms with Gasteiger partial charge in [0.05, 0.1) is 25.4 Å². The van der Waals surface area contributed by atoms with Crippen LogP contribution in [0.3, 0.4) is 0 Å². The van der Waals surface area contributed by atoms with Gasteiger partial charge < -0.3 is 14.8 Å². The van der Waals surface area contributed by atoms with Crippen LogP contribution in [-0.2, 0) is 6.54 Å². The average molecular weight is 501 g/mol. The number of hydrogen-bond acceptors (Lipinski definition) is 7. The van der Waals surface area contributed by atoms with Crippen LogP contribution in [0, 0.1) is 13.8 Å². The first-order valence-electron chi connectivity index (χ1n) is 11.3. The normalized spacial score (nSPS) is 11.1. The summed E-state index contributed by atoms with van der Waals surface area (Å²) in [7, 11) is 3.14. The van der Waals surface area contributed by atoms with E-state index in [1.165, 1.54) is 22.2 Å². The summed E-state index contributed by atoms with van der Waals surface area (Å²) in [5.41, 5.74) is 4.27. The van der Waals surface area contributed by atoms with Gasteiger partial charge in [0.25, 0.3) is 11.5 Å². The Balaban J connectivity index is 1.43. The van der Waals surface area contributed by atoms with Crippen LogP contribution >= 0.6 is 11.3 Å². The van der Waals surface area contributed by atoms with Crippen molar-refractivity contribution in [2.24, 2.45) is 0 Å². The molecule has 1 N–H and O–H groups in total. The second-order valence-electron chi connectivity index (χ2n) is 8.38. The van der Waals surface area contributed by atoms with Crippen molar-refractivity contribution in [3.8, 4) is 17.2 Å². The van der Waals surface area contributed by atoms with Crippen molar-refractivity contribution in [3.05, 3.63) is 87.6 Å². The van der Waals surface area contributed by atoms with Gasteiger partial charge in [-0.25, -0.2) is 9.97 Å². The number of rotatable bonds is 6. The summed E-state index contributed by atoms with van der Waals surface area (Å²) < 4.78 is 12.6. The van der Waals surface area contributed by atoms with E-state index in [0.29, 0.717) is 39.5 Å². The quantitative estimate of drug-likeness (QED) is 0.367. The van der Waals surface area contributed by atoms with E-state index in [1.807, 2.05) is 32.0 Å². The fraction of sp³-hybridized carbons (Fsp3) is 0.185. The summed E-state index contributed by atoms with van der Waals surface area (Å²) in [5.74, 6) is 0.956. The van der Waals surface area contributed by atoms with Crippen LogP contribution in [0.5, 0.6) is 11.5 Å². The predicted molar refractivity (Wildman–Crippen MR) is 141 cm³/mol. The summed E-state index contributed by atoms with van der Waals surface area (Å²) in [4.78, 5) is 36.2. The topological polar surface area (TPSA) is 95.3 Å². The van der Waals surface area contributed by atoms with Gasteiger partial charge in [-0.3, -0.25) is 14.2 Å². The van der Waals surface area contributed by atoms with Crippen molar-refractivity contribution in [2.75, 3.05) is 14.2 Å². The largest absolute Gasteiger partial charge is 0.493 e. The Hall–Kier alpha value is -4.24. The number of methoxy groups -OCH3 is 2. The van der Waals surface area contributed by atoms with Crippen molar-refractivity contribution < 1.29 is 14.3 Å². The summed E-state index contributed by atoms with van der Waals surface area (Å²) in [6.07, 6.45) is 1.51. The van der Waals surface area contributed by atoms with E-state index < -0.39 is 0 Å². The molecule has 0 saturated carbocycles. The number of thiophene rings is 1. The number of hydrogen-bond donors (Lipinski definition) is 1.